The lowest BCUT2D eigenvalue weighted by Gasteiger charge is -2.33. The number of hydrogen-bond acceptors (Lipinski definition) is 7. The molecular formula is C24H27N5O5S. The van der Waals surface area contributed by atoms with E-state index in [0.717, 1.165) is 18.4 Å². The first-order chi connectivity index (χ1) is 16.8. The molecule has 2 heterocycles. The zero-order chi connectivity index (χ0) is 25.0. The highest BCUT2D eigenvalue weighted by Gasteiger charge is 2.35. The van der Waals surface area contributed by atoms with Crippen molar-refractivity contribution in [1.29, 1.82) is 0 Å². The Labute approximate surface area is 203 Å². The van der Waals surface area contributed by atoms with Gasteiger partial charge < -0.3 is 9.64 Å². The van der Waals surface area contributed by atoms with Gasteiger partial charge in [-0.3, -0.25) is 4.79 Å². The van der Waals surface area contributed by atoms with Crippen molar-refractivity contribution in [2.75, 3.05) is 13.2 Å². The number of esters is 1. The molecule has 0 aliphatic carbocycles. The maximum absolute atomic E-state index is 13.4. The van der Waals surface area contributed by atoms with E-state index in [9.17, 15) is 18.0 Å². The number of rotatable bonds is 7. The van der Waals surface area contributed by atoms with Crippen molar-refractivity contribution in [3.63, 3.8) is 0 Å². The fraction of sp³-hybridized carbons (Fsp3) is 0.333. The summed E-state index contributed by atoms with van der Waals surface area (Å²) in [6, 6.07) is 14.8. The fourth-order valence-electron chi connectivity index (χ4n) is 4.10. The summed E-state index contributed by atoms with van der Waals surface area (Å²) in [5.41, 5.74) is 1.49. The summed E-state index contributed by atoms with van der Waals surface area (Å²) < 4.78 is 30.0. The summed E-state index contributed by atoms with van der Waals surface area (Å²) >= 11 is 0. The molecule has 3 aromatic rings. The number of carbonyl (C=O) groups is 2. The van der Waals surface area contributed by atoms with Crippen LogP contribution in [-0.4, -0.2) is 59.2 Å². The predicted octanol–water partition coefficient (Wildman–Crippen LogP) is 2.06. The summed E-state index contributed by atoms with van der Waals surface area (Å²) in [5, 5.41) is 9.68. The second kappa shape index (κ2) is 10.4. The van der Waals surface area contributed by atoms with E-state index in [0.29, 0.717) is 30.9 Å². The molecule has 1 amide bonds. The quantitative estimate of drug-likeness (QED) is 0.493. The van der Waals surface area contributed by atoms with Crippen LogP contribution in [-0.2, 0) is 26.0 Å². The van der Waals surface area contributed by atoms with Gasteiger partial charge in [0.1, 0.15) is 11.9 Å². The lowest BCUT2D eigenvalue weighted by Crippen LogP contribution is -2.49. The minimum Gasteiger partial charge on any atom is -0.464 e. The number of benzene rings is 2. The van der Waals surface area contributed by atoms with Crippen molar-refractivity contribution in [2.24, 2.45) is 5.14 Å². The first kappa shape index (κ1) is 24.6. The van der Waals surface area contributed by atoms with E-state index in [-0.39, 0.29) is 17.3 Å². The van der Waals surface area contributed by atoms with Gasteiger partial charge in [0.2, 0.25) is 15.8 Å². The van der Waals surface area contributed by atoms with Gasteiger partial charge in [-0.05, 0) is 56.0 Å². The number of amides is 1. The zero-order valence-corrected chi connectivity index (χ0v) is 20.1. The number of sulfonamides is 1. The Hall–Kier alpha value is -3.57. The van der Waals surface area contributed by atoms with Crippen LogP contribution in [0.15, 0.2) is 59.5 Å². The second-order valence-corrected chi connectivity index (χ2v) is 9.79. The molecule has 0 bridgehead atoms. The van der Waals surface area contributed by atoms with Gasteiger partial charge in [-0.15, -0.1) is 5.10 Å². The second-order valence-electron chi connectivity index (χ2n) is 8.23. The van der Waals surface area contributed by atoms with E-state index < -0.39 is 27.9 Å². The molecule has 1 atom stereocenters. The number of nitrogens with zero attached hydrogens (tertiary/aromatic N) is 4. The van der Waals surface area contributed by atoms with Crippen molar-refractivity contribution >= 4 is 21.9 Å². The SMILES string of the molecule is CCOC(=O)C1CCCCN1C(=O)c1nc(Cc2ccccc2)n(-c2ccc(S(N)(=O)=O)cc2)n1. The summed E-state index contributed by atoms with van der Waals surface area (Å²) in [6.07, 6.45) is 2.51. The highest BCUT2D eigenvalue weighted by molar-refractivity contribution is 7.89. The number of primary sulfonamides is 1. The molecule has 0 radical (unpaired) electrons. The highest BCUT2D eigenvalue weighted by atomic mass is 32.2. The minimum absolute atomic E-state index is 0.0344. The first-order valence-corrected chi connectivity index (χ1v) is 12.9. The molecule has 11 heteroatoms. The van der Waals surface area contributed by atoms with Gasteiger partial charge in [0.25, 0.3) is 5.91 Å². The van der Waals surface area contributed by atoms with Gasteiger partial charge in [-0.1, -0.05) is 30.3 Å². The van der Waals surface area contributed by atoms with Crippen LogP contribution in [0.4, 0.5) is 0 Å². The average molecular weight is 498 g/mol. The number of ether oxygens (including phenoxy) is 1. The van der Waals surface area contributed by atoms with E-state index in [1.165, 1.54) is 21.7 Å². The van der Waals surface area contributed by atoms with Crippen LogP contribution in [0.3, 0.4) is 0 Å². The molecule has 1 aromatic heterocycles. The lowest BCUT2D eigenvalue weighted by atomic mass is 10.0. The largest absolute Gasteiger partial charge is 0.464 e. The van der Waals surface area contributed by atoms with Crippen molar-refractivity contribution in [3.05, 3.63) is 71.8 Å². The van der Waals surface area contributed by atoms with E-state index in [4.69, 9.17) is 9.88 Å². The third-order valence-electron chi connectivity index (χ3n) is 5.80. The maximum atomic E-state index is 13.4. The van der Waals surface area contributed by atoms with E-state index in [1.807, 2.05) is 30.3 Å². The number of aromatic nitrogens is 3. The van der Waals surface area contributed by atoms with E-state index in [2.05, 4.69) is 10.1 Å². The molecule has 2 aromatic carbocycles. The van der Waals surface area contributed by atoms with Gasteiger partial charge in [-0.25, -0.2) is 28.0 Å². The van der Waals surface area contributed by atoms with Crippen molar-refractivity contribution < 1.29 is 22.7 Å². The molecule has 2 N–H and O–H groups in total. The minimum atomic E-state index is -3.85. The van der Waals surface area contributed by atoms with E-state index >= 15 is 0 Å². The molecular weight excluding hydrogens is 470 g/mol. The van der Waals surface area contributed by atoms with Crippen molar-refractivity contribution in [3.8, 4) is 5.69 Å². The normalized spacial score (nSPS) is 16.2. The van der Waals surface area contributed by atoms with Crippen LogP contribution in [0, 0.1) is 0 Å². The molecule has 35 heavy (non-hydrogen) atoms. The Morgan fingerprint density at radius 2 is 1.80 bits per heavy atom. The fourth-order valence-corrected chi connectivity index (χ4v) is 4.61. The number of carbonyl (C=O) groups excluding carboxylic acids is 2. The number of hydrogen-bond donors (Lipinski definition) is 1. The molecule has 1 aliphatic heterocycles. The molecule has 1 aliphatic rings. The van der Waals surface area contributed by atoms with E-state index in [1.54, 1.807) is 19.1 Å². The van der Waals surface area contributed by atoms with Crippen molar-refractivity contribution in [2.45, 2.75) is 43.5 Å². The number of nitrogens with two attached hydrogens (primary N) is 1. The molecule has 1 saturated heterocycles. The van der Waals surface area contributed by atoms with Crippen LogP contribution in [0.1, 0.15) is 48.2 Å². The molecule has 1 unspecified atom stereocenters. The molecule has 0 spiro atoms. The van der Waals surface area contributed by atoms with Crippen LogP contribution in [0.2, 0.25) is 0 Å². The lowest BCUT2D eigenvalue weighted by molar-refractivity contribution is -0.149. The Kier molecular flexibility index (Phi) is 7.27. The first-order valence-electron chi connectivity index (χ1n) is 11.4. The third kappa shape index (κ3) is 5.57. The summed E-state index contributed by atoms with van der Waals surface area (Å²) in [6.45, 7) is 2.38. The Morgan fingerprint density at radius 1 is 1.09 bits per heavy atom. The Bertz CT molecular complexity index is 1310. The standard InChI is InChI=1S/C24H27N5O5S/c1-2-34-24(31)20-10-6-7-15-28(20)23(30)22-26-21(16-17-8-4-3-5-9-17)29(27-22)18-11-13-19(14-12-18)35(25,32)33/h3-5,8-9,11-14,20H,2,6-7,10,15-16H2,1H3,(H2,25,32,33). The predicted molar refractivity (Wildman–Crippen MR) is 127 cm³/mol. The number of likely N-dealkylation sites (tertiary alicyclic amines) is 1. The van der Waals surface area contributed by atoms with Gasteiger partial charge in [-0.2, -0.15) is 0 Å². The van der Waals surface area contributed by atoms with Crippen LogP contribution in [0.5, 0.6) is 0 Å². The topological polar surface area (TPSA) is 137 Å². The summed E-state index contributed by atoms with van der Waals surface area (Å²) in [4.78, 5) is 31.9. The Morgan fingerprint density at radius 3 is 2.46 bits per heavy atom. The maximum Gasteiger partial charge on any atom is 0.328 e. The molecule has 1 fully saturated rings. The van der Waals surface area contributed by atoms with Crippen LogP contribution >= 0.6 is 0 Å². The highest BCUT2D eigenvalue weighted by Crippen LogP contribution is 2.22. The Balaban J connectivity index is 1.71. The van der Waals surface area contributed by atoms with Gasteiger partial charge >= 0.3 is 5.97 Å². The molecule has 0 saturated carbocycles. The zero-order valence-electron chi connectivity index (χ0n) is 19.3. The third-order valence-corrected chi connectivity index (χ3v) is 6.73. The summed E-state index contributed by atoms with van der Waals surface area (Å²) in [5.74, 6) is -0.421. The van der Waals surface area contributed by atoms with Crippen molar-refractivity contribution in [1.82, 2.24) is 19.7 Å². The monoisotopic (exact) mass is 497 g/mol. The van der Waals surface area contributed by atoms with Crippen LogP contribution in [0.25, 0.3) is 5.69 Å². The molecule has 10 nitrogen and oxygen atoms in total. The molecule has 184 valence electrons. The average Bonchev–Trinajstić information content (AvgIpc) is 3.27. The van der Waals surface area contributed by atoms with Crippen LogP contribution < -0.4 is 5.14 Å². The van der Waals surface area contributed by atoms with Gasteiger partial charge in [0.05, 0.1) is 17.2 Å². The van der Waals surface area contributed by atoms with Gasteiger partial charge in [0.15, 0.2) is 0 Å². The number of piperidine rings is 1. The molecule has 4 rings (SSSR count). The van der Waals surface area contributed by atoms with Gasteiger partial charge in [0, 0.05) is 13.0 Å². The summed E-state index contributed by atoms with van der Waals surface area (Å²) in [7, 11) is -3.85. The smallest absolute Gasteiger partial charge is 0.328 e.